The molecule has 4 heteroatoms. The molecule has 4 nitrogen and oxygen atoms in total. The largest absolute Gasteiger partial charge is 0.548 e. The van der Waals surface area contributed by atoms with E-state index in [2.05, 4.69) is 33.3 Å². The first-order valence-electron chi connectivity index (χ1n) is 13.7. The Hall–Kier alpha value is -0.610. The Bertz CT molecular complexity index is 371. The predicted molar refractivity (Wildman–Crippen MR) is 133 cm³/mol. The van der Waals surface area contributed by atoms with Crippen LogP contribution >= 0.6 is 0 Å². The fourth-order valence-corrected chi connectivity index (χ4v) is 4.34. The zero-order valence-electron chi connectivity index (χ0n) is 21.7. The van der Waals surface area contributed by atoms with E-state index in [4.69, 9.17) is 0 Å². The van der Waals surface area contributed by atoms with Crippen molar-refractivity contribution in [3.63, 3.8) is 0 Å². The monoisotopic (exact) mass is 440 g/mol. The lowest BCUT2D eigenvalue weighted by atomic mass is 10.1. The molecule has 0 aromatic carbocycles. The van der Waals surface area contributed by atoms with Crippen LogP contribution in [0.15, 0.2) is 0 Å². The lowest BCUT2D eigenvalue weighted by Gasteiger charge is -2.30. The van der Waals surface area contributed by atoms with Gasteiger partial charge in [0.05, 0.1) is 33.2 Å². The van der Waals surface area contributed by atoms with Gasteiger partial charge in [-0.2, -0.15) is 0 Å². The number of carboxylic acids is 1. The first-order chi connectivity index (χ1) is 14.9. The molecule has 1 fully saturated rings. The van der Waals surface area contributed by atoms with Crippen LogP contribution in [0.2, 0.25) is 0 Å². The van der Waals surface area contributed by atoms with E-state index in [1.807, 2.05) is 0 Å². The molecule has 0 aliphatic carbocycles. The Kier molecular flexibility index (Phi) is 20.8. The number of carboxylic acid groups (broad SMARTS) is 1. The van der Waals surface area contributed by atoms with Gasteiger partial charge in [-0.05, 0) is 45.1 Å². The minimum atomic E-state index is -0.970. The van der Waals surface area contributed by atoms with Crippen LogP contribution in [0, 0.1) is 0 Å². The molecule has 0 radical (unpaired) electrons. The quantitative estimate of drug-likeness (QED) is 0.203. The summed E-state index contributed by atoms with van der Waals surface area (Å²) in [5.74, 6) is -0.970. The van der Waals surface area contributed by atoms with Crippen molar-refractivity contribution >= 4 is 5.97 Å². The van der Waals surface area contributed by atoms with Crippen molar-refractivity contribution in [1.82, 2.24) is 5.32 Å². The van der Waals surface area contributed by atoms with E-state index in [0.29, 0.717) is 0 Å². The van der Waals surface area contributed by atoms with Crippen molar-refractivity contribution in [1.29, 1.82) is 0 Å². The number of carbonyl (C=O) groups is 1. The minimum absolute atomic E-state index is 0.380. The number of nitrogens with zero attached hydrogens (tertiary/aromatic N) is 1. The summed E-state index contributed by atoms with van der Waals surface area (Å²) in [6.45, 7) is 8.18. The van der Waals surface area contributed by atoms with Gasteiger partial charge in [-0.25, -0.2) is 0 Å². The highest BCUT2D eigenvalue weighted by atomic mass is 16.4. The summed E-state index contributed by atoms with van der Waals surface area (Å²) in [7, 11) is 4.87. The highest BCUT2D eigenvalue weighted by Crippen LogP contribution is 2.13. The summed E-state index contributed by atoms with van der Waals surface area (Å²) in [4.78, 5) is 10.0. The third kappa shape index (κ3) is 21.0. The van der Waals surface area contributed by atoms with Crippen LogP contribution < -0.4 is 10.4 Å². The maximum absolute atomic E-state index is 10.0. The molecule has 1 N–H and O–H groups in total. The Morgan fingerprint density at radius 2 is 1.13 bits per heavy atom. The molecule has 0 amide bonds. The molecule has 1 saturated heterocycles. The van der Waals surface area contributed by atoms with E-state index in [1.165, 1.54) is 120 Å². The minimum Gasteiger partial charge on any atom is -0.548 e. The molecule has 0 aromatic heterocycles. The van der Waals surface area contributed by atoms with Gasteiger partial charge in [-0.1, -0.05) is 90.9 Å². The van der Waals surface area contributed by atoms with Gasteiger partial charge in [-0.3, -0.25) is 0 Å². The van der Waals surface area contributed by atoms with Crippen molar-refractivity contribution in [2.75, 3.05) is 33.7 Å². The maximum Gasteiger partial charge on any atom is 0.0782 e. The van der Waals surface area contributed by atoms with Crippen LogP contribution in [0.1, 0.15) is 129 Å². The summed E-state index contributed by atoms with van der Waals surface area (Å²) in [5, 5.41) is 12.8. The van der Waals surface area contributed by atoms with Gasteiger partial charge < -0.3 is 19.7 Å². The normalized spacial score (nSPS) is 16.2. The Morgan fingerprint density at radius 3 is 1.42 bits per heavy atom. The van der Waals surface area contributed by atoms with Crippen molar-refractivity contribution < 1.29 is 14.4 Å². The molecule has 0 bridgehead atoms. The van der Waals surface area contributed by atoms with E-state index in [9.17, 15) is 9.90 Å². The van der Waals surface area contributed by atoms with Crippen molar-refractivity contribution in [2.24, 2.45) is 0 Å². The molecule has 0 spiro atoms. The molecule has 1 aliphatic heterocycles. The standard InChI is InChI=1S/C22H48N.C5H9NO2/c1-5-7-9-11-13-15-17-19-21-23(3,4)22-20-18-16-14-12-10-8-6-2;7-5(8)4-2-1-3-6-4/h5-22H2,1-4H3;4,6H,1-3H2,(H,7,8)/q+1;/p-1/t;4-/m.0/s1. The highest BCUT2D eigenvalue weighted by molar-refractivity contribution is 5.71. The fraction of sp³-hybridized carbons (Fsp3) is 0.963. The second kappa shape index (κ2) is 21.2. The van der Waals surface area contributed by atoms with Crippen LogP contribution in [-0.2, 0) is 4.79 Å². The van der Waals surface area contributed by atoms with E-state index in [1.54, 1.807) is 0 Å². The zero-order chi connectivity index (χ0) is 23.2. The summed E-state index contributed by atoms with van der Waals surface area (Å²) < 4.78 is 1.24. The van der Waals surface area contributed by atoms with E-state index in [0.717, 1.165) is 19.4 Å². The van der Waals surface area contributed by atoms with E-state index in [-0.39, 0.29) is 6.04 Å². The molecule has 1 heterocycles. The second-order valence-corrected chi connectivity index (χ2v) is 10.3. The Balaban J connectivity index is 0.000000929. The molecule has 0 saturated carbocycles. The van der Waals surface area contributed by atoms with Crippen LogP contribution in [0.4, 0.5) is 0 Å². The Morgan fingerprint density at radius 1 is 0.742 bits per heavy atom. The average molecular weight is 441 g/mol. The number of hydrogen-bond acceptors (Lipinski definition) is 3. The molecule has 31 heavy (non-hydrogen) atoms. The van der Waals surface area contributed by atoms with Gasteiger partial charge in [0.15, 0.2) is 0 Å². The molecule has 186 valence electrons. The smallest absolute Gasteiger partial charge is 0.0782 e. The number of carbonyl (C=O) groups excluding carboxylic acids is 1. The zero-order valence-corrected chi connectivity index (χ0v) is 21.7. The first-order valence-corrected chi connectivity index (χ1v) is 13.7. The first kappa shape index (κ1) is 30.4. The molecule has 1 rings (SSSR count). The van der Waals surface area contributed by atoms with Gasteiger partial charge >= 0.3 is 0 Å². The Labute approximate surface area is 195 Å². The number of unbranched alkanes of at least 4 members (excludes halogenated alkanes) is 14. The topological polar surface area (TPSA) is 52.2 Å². The SMILES string of the molecule is CCCCCCCCCC[N+](C)(C)CCCCCCCCCC.O=C([O-])[C@@H]1CCCN1. The molecule has 1 atom stereocenters. The van der Waals surface area contributed by atoms with Crippen LogP contribution in [-0.4, -0.2) is 50.2 Å². The van der Waals surface area contributed by atoms with E-state index < -0.39 is 5.97 Å². The number of rotatable bonds is 19. The molecular weight excluding hydrogens is 384 g/mol. The van der Waals surface area contributed by atoms with Crippen LogP contribution in [0.3, 0.4) is 0 Å². The van der Waals surface area contributed by atoms with Crippen molar-refractivity contribution in [2.45, 2.75) is 135 Å². The molecule has 1 aliphatic rings. The third-order valence-corrected chi connectivity index (χ3v) is 6.58. The predicted octanol–water partition coefficient (Wildman–Crippen LogP) is 5.83. The molecular formula is C27H56N2O2. The molecule has 0 unspecified atom stereocenters. The van der Waals surface area contributed by atoms with Crippen molar-refractivity contribution in [3.8, 4) is 0 Å². The third-order valence-electron chi connectivity index (χ3n) is 6.58. The van der Waals surface area contributed by atoms with Gasteiger partial charge in [-0.15, -0.1) is 0 Å². The summed E-state index contributed by atoms with van der Waals surface area (Å²) in [5.41, 5.74) is 0. The van der Waals surface area contributed by atoms with Gasteiger partial charge in [0.25, 0.3) is 0 Å². The maximum atomic E-state index is 10.0. The molecule has 0 aromatic rings. The van der Waals surface area contributed by atoms with E-state index >= 15 is 0 Å². The number of hydrogen-bond donors (Lipinski definition) is 1. The fourth-order valence-electron chi connectivity index (χ4n) is 4.34. The second-order valence-electron chi connectivity index (χ2n) is 10.3. The summed E-state index contributed by atoms with van der Waals surface area (Å²) in [6, 6.07) is -0.380. The van der Waals surface area contributed by atoms with Gasteiger partial charge in [0.1, 0.15) is 0 Å². The summed E-state index contributed by atoms with van der Waals surface area (Å²) >= 11 is 0. The average Bonchev–Trinajstić information content (AvgIpc) is 3.28. The number of nitrogens with one attached hydrogen (secondary N) is 1. The number of aliphatic carboxylic acids is 1. The summed E-state index contributed by atoms with van der Waals surface area (Å²) in [6.07, 6.45) is 24.7. The van der Waals surface area contributed by atoms with Gasteiger partial charge in [0, 0.05) is 6.04 Å². The van der Waals surface area contributed by atoms with Crippen LogP contribution in [0.5, 0.6) is 0 Å². The van der Waals surface area contributed by atoms with Crippen LogP contribution in [0.25, 0.3) is 0 Å². The lowest BCUT2D eigenvalue weighted by Crippen LogP contribution is -2.41. The van der Waals surface area contributed by atoms with Crippen molar-refractivity contribution in [3.05, 3.63) is 0 Å². The highest BCUT2D eigenvalue weighted by Gasteiger charge is 2.14. The lowest BCUT2D eigenvalue weighted by molar-refractivity contribution is -0.890. The number of quaternary nitrogens is 1. The van der Waals surface area contributed by atoms with Gasteiger partial charge in [0.2, 0.25) is 0 Å².